The minimum absolute atomic E-state index is 0.176. The van der Waals surface area contributed by atoms with Gasteiger partial charge in [0.05, 0.1) is 5.54 Å². The van der Waals surface area contributed by atoms with Gasteiger partial charge in [-0.05, 0) is 57.4 Å². The van der Waals surface area contributed by atoms with Crippen LogP contribution in [0.4, 0.5) is 0 Å². The zero-order chi connectivity index (χ0) is 14.5. The number of rotatable bonds is 1. The molecule has 1 aliphatic heterocycles. The van der Waals surface area contributed by atoms with Gasteiger partial charge in [-0.25, -0.2) is 0 Å². The van der Waals surface area contributed by atoms with Crippen LogP contribution in [0.25, 0.3) is 0 Å². The van der Waals surface area contributed by atoms with Crippen LogP contribution in [0.5, 0.6) is 0 Å². The highest BCUT2D eigenvalue weighted by atomic mass is 15.1. The van der Waals surface area contributed by atoms with Crippen LogP contribution >= 0.6 is 0 Å². The van der Waals surface area contributed by atoms with E-state index in [1.807, 2.05) is 0 Å². The van der Waals surface area contributed by atoms with Crippen molar-refractivity contribution < 1.29 is 0 Å². The van der Waals surface area contributed by atoms with Crippen LogP contribution in [0.1, 0.15) is 77.6 Å². The second-order valence-electron chi connectivity index (χ2n) is 7.61. The van der Waals surface area contributed by atoms with Crippen LogP contribution in [0, 0.1) is 5.92 Å². The van der Waals surface area contributed by atoms with Crippen molar-refractivity contribution in [3.63, 3.8) is 0 Å². The van der Waals surface area contributed by atoms with Crippen LogP contribution in [-0.2, 0) is 0 Å². The number of hydrogen-bond donors (Lipinski definition) is 2. The normalized spacial score (nSPS) is 35.9. The first kappa shape index (κ1) is 15.3. The molecule has 0 bridgehead atoms. The molecule has 1 heterocycles. The van der Waals surface area contributed by atoms with Crippen molar-refractivity contribution in [2.24, 2.45) is 10.9 Å². The summed E-state index contributed by atoms with van der Waals surface area (Å²) in [5.74, 6) is 2.21. The van der Waals surface area contributed by atoms with E-state index in [-0.39, 0.29) is 5.54 Å². The van der Waals surface area contributed by atoms with Crippen molar-refractivity contribution in [1.82, 2.24) is 10.6 Å². The summed E-state index contributed by atoms with van der Waals surface area (Å²) in [6.07, 6.45) is 14.7. The molecule has 0 aromatic heterocycles. The van der Waals surface area contributed by atoms with Gasteiger partial charge in [-0.3, -0.25) is 4.99 Å². The zero-order valence-electron chi connectivity index (χ0n) is 13.8. The van der Waals surface area contributed by atoms with Crippen molar-refractivity contribution in [3.8, 4) is 0 Å². The van der Waals surface area contributed by atoms with E-state index in [4.69, 9.17) is 4.99 Å². The molecule has 1 spiro atoms. The van der Waals surface area contributed by atoms with Gasteiger partial charge < -0.3 is 10.6 Å². The lowest BCUT2D eigenvalue weighted by molar-refractivity contribution is 0.257. The second-order valence-corrected chi connectivity index (χ2v) is 7.61. The molecule has 0 unspecified atom stereocenters. The average molecular weight is 291 g/mol. The number of nitrogens with one attached hydrogen (secondary N) is 2. The predicted octanol–water partition coefficient (Wildman–Crippen LogP) is 3.64. The largest absolute Gasteiger partial charge is 0.370 e. The van der Waals surface area contributed by atoms with E-state index in [0.29, 0.717) is 6.04 Å². The molecular formula is C18H33N3. The molecule has 0 aromatic carbocycles. The summed E-state index contributed by atoms with van der Waals surface area (Å²) in [6.45, 7) is 4.53. The first-order valence-electron chi connectivity index (χ1n) is 9.35. The summed E-state index contributed by atoms with van der Waals surface area (Å²) in [5, 5.41) is 7.78. The van der Waals surface area contributed by atoms with E-state index in [9.17, 15) is 0 Å². The lowest BCUT2D eigenvalue weighted by Gasteiger charge is -2.41. The summed E-state index contributed by atoms with van der Waals surface area (Å²) in [6, 6.07) is 0.669. The first-order valence-corrected chi connectivity index (χ1v) is 9.35. The molecule has 3 heteroatoms. The highest BCUT2D eigenvalue weighted by Gasteiger charge is 2.40. The van der Waals surface area contributed by atoms with Gasteiger partial charge in [0, 0.05) is 12.6 Å². The van der Waals surface area contributed by atoms with Gasteiger partial charge in [-0.2, -0.15) is 0 Å². The van der Waals surface area contributed by atoms with Gasteiger partial charge in [0.1, 0.15) is 5.84 Å². The number of amidine groups is 1. The fourth-order valence-corrected chi connectivity index (χ4v) is 4.30. The minimum atomic E-state index is 0.176. The fourth-order valence-electron chi connectivity index (χ4n) is 4.30. The molecule has 21 heavy (non-hydrogen) atoms. The van der Waals surface area contributed by atoms with Gasteiger partial charge in [0.15, 0.2) is 0 Å². The number of aliphatic imine (C=N–C) groups is 1. The van der Waals surface area contributed by atoms with Crippen molar-refractivity contribution in [3.05, 3.63) is 0 Å². The molecule has 2 N–H and O–H groups in total. The molecule has 2 saturated carbocycles. The summed E-state index contributed by atoms with van der Waals surface area (Å²) >= 11 is 0. The summed E-state index contributed by atoms with van der Waals surface area (Å²) in [4.78, 5) is 4.99. The third-order valence-electron chi connectivity index (χ3n) is 5.85. The van der Waals surface area contributed by atoms with E-state index < -0.39 is 0 Å². The molecule has 3 aliphatic rings. The molecule has 0 saturated heterocycles. The van der Waals surface area contributed by atoms with Gasteiger partial charge in [0.2, 0.25) is 0 Å². The highest BCUT2D eigenvalue weighted by molar-refractivity contribution is 5.92. The van der Waals surface area contributed by atoms with Gasteiger partial charge in [-0.1, -0.05) is 32.6 Å². The maximum Gasteiger partial charge on any atom is 0.117 e. The quantitative estimate of drug-likeness (QED) is 0.724. The van der Waals surface area contributed by atoms with Crippen molar-refractivity contribution in [2.45, 2.75) is 89.1 Å². The third-order valence-corrected chi connectivity index (χ3v) is 5.85. The summed E-state index contributed by atoms with van der Waals surface area (Å²) in [7, 11) is 0. The molecule has 0 radical (unpaired) electrons. The smallest absolute Gasteiger partial charge is 0.117 e. The van der Waals surface area contributed by atoms with E-state index in [1.54, 1.807) is 0 Å². The Morgan fingerprint density at radius 1 is 1.00 bits per heavy atom. The monoisotopic (exact) mass is 291 g/mol. The summed E-state index contributed by atoms with van der Waals surface area (Å²) in [5.41, 5.74) is 0.176. The molecular weight excluding hydrogens is 258 g/mol. The van der Waals surface area contributed by atoms with E-state index in [0.717, 1.165) is 19.0 Å². The Balaban J connectivity index is 1.70. The predicted molar refractivity (Wildman–Crippen MR) is 89.9 cm³/mol. The molecule has 2 fully saturated rings. The van der Waals surface area contributed by atoms with Crippen molar-refractivity contribution >= 4 is 5.84 Å². The molecule has 0 atom stereocenters. The Morgan fingerprint density at radius 2 is 1.71 bits per heavy atom. The standard InChI is InChI=1S/C18H33N3/c1-15-9-11-18(12-10-15)17(19-13-6-14-20-18)21-16-7-4-2-3-5-8-16/h15-16,20H,2-14H2,1H3,(H,19,21). The molecule has 120 valence electrons. The zero-order valence-corrected chi connectivity index (χ0v) is 13.8. The topological polar surface area (TPSA) is 36.4 Å². The molecule has 3 rings (SSSR count). The summed E-state index contributed by atoms with van der Waals surface area (Å²) < 4.78 is 0. The van der Waals surface area contributed by atoms with Gasteiger partial charge >= 0.3 is 0 Å². The Hall–Kier alpha value is -0.570. The molecule has 3 nitrogen and oxygen atoms in total. The Morgan fingerprint density at radius 3 is 2.43 bits per heavy atom. The van der Waals surface area contributed by atoms with Gasteiger partial charge in [0.25, 0.3) is 0 Å². The third kappa shape index (κ3) is 3.80. The van der Waals surface area contributed by atoms with E-state index in [2.05, 4.69) is 17.6 Å². The van der Waals surface area contributed by atoms with Gasteiger partial charge in [-0.15, -0.1) is 0 Å². The maximum atomic E-state index is 4.99. The Bertz CT molecular complexity index is 347. The molecule has 0 amide bonds. The SMILES string of the molecule is CC1CCC2(CC1)NCCCN=C2NC1CCCCCC1. The lowest BCUT2D eigenvalue weighted by atomic mass is 9.76. The average Bonchev–Trinajstić information content (AvgIpc) is 2.85. The van der Waals surface area contributed by atoms with Crippen LogP contribution in [0.15, 0.2) is 4.99 Å². The number of nitrogens with zero attached hydrogens (tertiary/aromatic N) is 1. The van der Waals surface area contributed by atoms with Crippen LogP contribution in [0.2, 0.25) is 0 Å². The molecule has 0 aromatic rings. The van der Waals surface area contributed by atoms with Crippen molar-refractivity contribution in [1.29, 1.82) is 0 Å². The van der Waals surface area contributed by atoms with E-state index >= 15 is 0 Å². The van der Waals surface area contributed by atoms with Crippen LogP contribution in [0.3, 0.4) is 0 Å². The van der Waals surface area contributed by atoms with E-state index in [1.165, 1.54) is 76.5 Å². The Labute approximate surface area is 130 Å². The second kappa shape index (κ2) is 7.13. The fraction of sp³-hybridized carbons (Fsp3) is 0.944. The van der Waals surface area contributed by atoms with Crippen molar-refractivity contribution in [2.75, 3.05) is 13.1 Å². The molecule has 2 aliphatic carbocycles. The van der Waals surface area contributed by atoms with Crippen LogP contribution < -0.4 is 10.6 Å². The number of hydrogen-bond acceptors (Lipinski definition) is 3. The minimum Gasteiger partial charge on any atom is -0.370 e. The Kier molecular flexibility index (Phi) is 5.20. The first-order chi connectivity index (χ1) is 10.3. The van der Waals surface area contributed by atoms with Crippen LogP contribution in [-0.4, -0.2) is 30.5 Å². The lowest BCUT2D eigenvalue weighted by Crippen LogP contribution is -2.59. The maximum absolute atomic E-state index is 4.99. The highest BCUT2D eigenvalue weighted by Crippen LogP contribution is 2.34.